The van der Waals surface area contributed by atoms with E-state index in [0.717, 1.165) is 27.6 Å². The molecule has 3 aromatic rings. The molecule has 0 atom stereocenters. The summed E-state index contributed by atoms with van der Waals surface area (Å²) in [4.78, 5) is 15.2. The Morgan fingerprint density at radius 2 is 1.81 bits per heavy atom. The highest BCUT2D eigenvalue weighted by atomic mass is 32.1. The molecule has 0 aliphatic carbocycles. The van der Waals surface area contributed by atoms with Crippen molar-refractivity contribution in [2.75, 3.05) is 0 Å². The molecular formula is C21H21NO3S. The molecule has 0 unspecified atom stereocenters. The quantitative estimate of drug-likeness (QED) is 0.644. The van der Waals surface area contributed by atoms with Crippen molar-refractivity contribution in [2.45, 2.75) is 32.6 Å². The number of carboxylic acid groups (broad SMARTS) is 1. The van der Waals surface area contributed by atoms with Gasteiger partial charge in [-0.1, -0.05) is 39.0 Å². The smallest absolute Gasteiger partial charge is 0.309 e. The Kier molecular flexibility index (Phi) is 5.09. The van der Waals surface area contributed by atoms with Crippen molar-refractivity contribution in [3.05, 3.63) is 65.2 Å². The van der Waals surface area contributed by atoms with E-state index in [0.29, 0.717) is 5.69 Å². The third kappa shape index (κ3) is 4.29. The fourth-order valence-corrected chi connectivity index (χ4v) is 3.47. The number of hydrogen-bond donors (Lipinski definition) is 1. The number of aromatic nitrogens is 1. The number of thiazole rings is 1. The number of para-hydroxylation sites is 1. The molecule has 4 nitrogen and oxygen atoms in total. The third-order valence-electron chi connectivity index (χ3n) is 3.91. The molecule has 1 aromatic heterocycles. The van der Waals surface area contributed by atoms with Crippen LogP contribution in [0, 0.1) is 0 Å². The summed E-state index contributed by atoms with van der Waals surface area (Å²) in [7, 11) is 0. The fraction of sp³-hybridized carbons (Fsp3) is 0.238. The molecular weight excluding hydrogens is 346 g/mol. The van der Waals surface area contributed by atoms with Crippen LogP contribution in [0.1, 0.15) is 32.0 Å². The number of ether oxygens (including phenoxy) is 1. The summed E-state index contributed by atoms with van der Waals surface area (Å²) < 4.78 is 6.09. The summed E-state index contributed by atoms with van der Waals surface area (Å²) in [5.74, 6) is 0.738. The van der Waals surface area contributed by atoms with Gasteiger partial charge in [0.15, 0.2) is 0 Å². The van der Waals surface area contributed by atoms with Crippen LogP contribution in [0.5, 0.6) is 11.5 Å². The summed E-state index contributed by atoms with van der Waals surface area (Å²) in [6.45, 7) is 6.49. The number of carbonyl (C=O) groups is 1. The molecule has 3 rings (SSSR count). The molecule has 0 radical (unpaired) electrons. The van der Waals surface area contributed by atoms with Crippen LogP contribution in [0.25, 0.3) is 10.6 Å². The Morgan fingerprint density at radius 1 is 1.12 bits per heavy atom. The number of rotatable bonds is 5. The van der Waals surface area contributed by atoms with Crippen molar-refractivity contribution >= 4 is 17.3 Å². The van der Waals surface area contributed by atoms with E-state index in [2.05, 4.69) is 31.8 Å². The standard InChI is InChI=1S/C21H21NO3S/c1-21(2,3)17-6-4-5-7-18(17)25-16-10-8-14(9-11-16)20-22-15(13-26-20)12-19(23)24/h4-11,13H,12H2,1-3H3,(H,23,24). The van der Waals surface area contributed by atoms with Crippen LogP contribution in [0.15, 0.2) is 53.9 Å². The second-order valence-electron chi connectivity index (χ2n) is 7.09. The van der Waals surface area contributed by atoms with Gasteiger partial charge >= 0.3 is 5.97 Å². The number of hydrogen-bond acceptors (Lipinski definition) is 4. The lowest BCUT2D eigenvalue weighted by Gasteiger charge is -2.22. The second kappa shape index (κ2) is 7.30. The van der Waals surface area contributed by atoms with Crippen LogP contribution in [0.4, 0.5) is 0 Å². The van der Waals surface area contributed by atoms with E-state index in [1.165, 1.54) is 11.3 Å². The highest BCUT2D eigenvalue weighted by molar-refractivity contribution is 7.13. The molecule has 134 valence electrons. The summed E-state index contributed by atoms with van der Waals surface area (Å²) in [5.41, 5.74) is 2.68. The van der Waals surface area contributed by atoms with Gasteiger partial charge in [0.05, 0.1) is 12.1 Å². The van der Waals surface area contributed by atoms with Gasteiger partial charge in [-0.25, -0.2) is 4.98 Å². The SMILES string of the molecule is CC(C)(C)c1ccccc1Oc1ccc(-c2nc(CC(=O)O)cs2)cc1. The molecule has 0 amide bonds. The summed E-state index contributed by atoms with van der Waals surface area (Å²) >= 11 is 1.45. The zero-order valence-electron chi connectivity index (χ0n) is 15.0. The Bertz CT molecular complexity index is 908. The van der Waals surface area contributed by atoms with Gasteiger partial charge < -0.3 is 9.84 Å². The van der Waals surface area contributed by atoms with Crippen LogP contribution >= 0.6 is 11.3 Å². The van der Waals surface area contributed by atoms with Crippen molar-refractivity contribution in [2.24, 2.45) is 0 Å². The minimum absolute atomic E-state index is 0.00202. The van der Waals surface area contributed by atoms with Gasteiger partial charge in [-0.15, -0.1) is 11.3 Å². The Hall–Kier alpha value is -2.66. The predicted octanol–water partition coefficient (Wildman–Crippen LogP) is 5.53. The van der Waals surface area contributed by atoms with Crippen molar-refractivity contribution < 1.29 is 14.6 Å². The first-order valence-electron chi connectivity index (χ1n) is 8.37. The van der Waals surface area contributed by atoms with E-state index in [9.17, 15) is 4.79 Å². The molecule has 5 heteroatoms. The van der Waals surface area contributed by atoms with Gasteiger partial charge in [0.25, 0.3) is 0 Å². The first-order chi connectivity index (χ1) is 12.3. The monoisotopic (exact) mass is 367 g/mol. The molecule has 0 aliphatic heterocycles. The normalized spacial score (nSPS) is 11.3. The number of aliphatic carboxylic acids is 1. The van der Waals surface area contributed by atoms with E-state index in [4.69, 9.17) is 9.84 Å². The minimum atomic E-state index is -0.872. The average molecular weight is 367 g/mol. The molecule has 1 N–H and O–H groups in total. The Labute approximate surface area is 157 Å². The zero-order valence-corrected chi connectivity index (χ0v) is 15.8. The van der Waals surface area contributed by atoms with Crippen molar-refractivity contribution in [3.8, 4) is 22.1 Å². The van der Waals surface area contributed by atoms with Gasteiger partial charge in [0.2, 0.25) is 0 Å². The lowest BCUT2D eigenvalue weighted by molar-refractivity contribution is -0.136. The molecule has 0 aliphatic rings. The molecule has 0 fully saturated rings. The molecule has 0 saturated heterocycles. The highest BCUT2D eigenvalue weighted by Crippen LogP contribution is 2.34. The molecule has 1 heterocycles. The Balaban J connectivity index is 1.79. The first-order valence-corrected chi connectivity index (χ1v) is 9.25. The largest absolute Gasteiger partial charge is 0.481 e. The number of carboxylic acids is 1. The fourth-order valence-electron chi connectivity index (χ4n) is 2.64. The molecule has 2 aromatic carbocycles. The average Bonchev–Trinajstić information content (AvgIpc) is 3.03. The van der Waals surface area contributed by atoms with Crippen LogP contribution in [0.3, 0.4) is 0 Å². The van der Waals surface area contributed by atoms with E-state index in [-0.39, 0.29) is 11.8 Å². The van der Waals surface area contributed by atoms with Gasteiger partial charge in [0, 0.05) is 16.5 Å². The van der Waals surface area contributed by atoms with Gasteiger partial charge in [0.1, 0.15) is 16.5 Å². The summed E-state index contributed by atoms with van der Waals surface area (Å²) in [5, 5.41) is 11.4. The third-order valence-corrected chi connectivity index (χ3v) is 4.85. The lowest BCUT2D eigenvalue weighted by atomic mass is 9.86. The number of nitrogens with zero attached hydrogens (tertiary/aromatic N) is 1. The van der Waals surface area contributed by atoms with Crippen LogP contribution < -0.4 is 4.74 Å². The second-order valence-corrected chi connectivity index (χ2v) is 7.95. The maximum absolute atomic E-state index is 10.8. The first kappa shape index (κ1) is 18.1. The van der Waals surface area contributed by atoms with Crippen molar-refractivity contribution in [1.82, 2.24) is 4.98 Å². The van der Waals surface area contributed by atoms with E-state index < -0.39 is 5.97 Å². The lowest BCUT2D eigenvalue weighted by Crippen LogP contribution is -2.12. The Morgan fingerprint density at radius 3 is 2.46 bits per heavy atom. The zero-order chi connectivity index (χ0) is 18.7. The molecule has 0 saturated carbocycles. The van der Waals surface area contributed by atoms with Crippen LogP contribution in [0.2, 0.25) is 0 Å². The van der Waals surface area contributed by atoms with E-state index in [1.54, 1.807) is 5.38 Å². The van der Waals surface area contributed by atoms with Crippen LogP contribution in [-0.2, 0) is 16.6 Å². The molecule has 26 heavy (non-hydrogen) atoms. The maximum atomic E-state index is 10.8. The minimum Gasteiger partial charge on any atom is -0.481 e. The number of benzene rings is 2. The van der Waals surface area contributed by atoms with Crippen LogP contribution in [-0.4, -0.2) is 16.1 Å². The van der Waals surface area contributed by atoms with Gasteiger partial charge in [-0.3, -0.25) is 4.79 Å². The highest BCUT2D eigenvalue weighted by Gasteiger charge is 2.18. The summed E-state index contributed by atoms with van der Waals surface area (Å²) in [6, 6.07) is 15.8. The molecule has 0 bridgehead atoms. The maximum Gasteiger partial charge on any atom is 0.309 e. The van der Waals surface area contributed by atoms with E-state index >= 15 is 0 Å². The topological polar surface area (TPSA) is 59.4 Å². The summed E-state index contributed by atoms with van der Waals surface area (Å²) in [6.07, 6.45) is -0.0543. The van der Waals surface area contributed by atoms with Gasteiger partial charge in [-0.05, 0) is 35.7 Å². The van der Waals surface area contributed by atoms with Crippen molar-refractivity contribution in [3.63, 3.8) is 0 Å². The molecule has 0 spiro atoms. The predicted molar refractivity (Wildman–Crippen MR) is 104 cm³/mol. The van der Waals surface area contributed by atoms with Gasteiger partial charge in [-0.2, -0.15) is 0 Å². The van der Waals surface area contributed by atoms with E-state index in [1.807, 2.05) is 42.5 Å². The van der Waals surface area contributed by atoms with Crippen molar-refractivity contribution in [1.29, 1.82) is 0 Å².